The van der Waals surface area contributed by atoms with Gasteiger partial charge in [0, 0.05) is 35.3 Å². The van der Waals surface area contributed by atoms with Gasteiger partial charge in [0.2, 0.25) is 6.79 Å². The molecule has 2 aliphatic rings. The van der Waals surface area contributed by atoms with Gasteiger partial charge in [-0.05, 0) is 29.8 Å². The molecule has 0 aliphatic carbocycles. The molecule has 5 nitrogen and oxygen atoms in total. The number of ether oxygens (including phenoxy) is 2. The Kier molecular flexibility index (Phi) is 4.93. The summed E-state index contributed by atoms with van der Waals surface area (Å²) >= 11 is 6.87. The van der Waals surface area contributed by atoms with Gasteiger partial charge in [-0.1, -0.05) is 72.5 Å². The molecule has 1 fully saturated rings. The number of carbonyl (C=O) groups is 1. The number of carbonyl (C=O) groups excluding carboxylic acids is 1. The molecular formula is C26H18N2O3S2. The van der Waals surface area contributed by atoms with Crippen LogP contribution in [-0.2, 0) is 11.3 Å². The molecule has 0 unspecified atom stereocenters. The number of thioether (sulfide) groups is 1. The maximum Gasteiger partial charge on any atom is 0.270 e. The molecule has 1 amide bonds. The third-order valence-corrected chi connectivity index (χ3v) is 7.01. The van der Waals surface area contributed by atoms with Crippen molar-refractivity contribution in [3.63, 3.8) is 0 Å². The van der Waals surface area contributed by atoms with Crippen LogP contribution in [0.2, 0.25) is 0 Å². The van der Waals surface area contributed by atoms with E-state index in [0.717, 1.165) is 23.0 Å². The van der Waals surface area contributed by atoms with Crippen LogP contribution in [0.5, 0.6) is 11.5 Å². The van der Waals surface area contributed by atoms with Crippen molar-refractivity contribution in [1.29, 1.82) is 0 Å². The highest BCUT2D eigenvalue weighted by Gasteiger charge is 2.34. The minimum absolute atomic E-state index is 0.135. The minimum atomic E-state index is -0.135. The monoisotopic (exact) mass is 470 g/mol. The molecule has 1 saturated heterocycles. The number of rotatable bonds is 4. The summed E-state index contributed by atoms with van der Waals surface area (Å²) in [5, 5.41) is 1.10. The third kappa shape index (κ3) is 3.59. The Balaban J connectivity index is 1.36. The van der Waals surface area contributed by atoms with Gasteiger partial charge >= 0.3 is 0 Å². The highest BCUT2D eigenvalue weighted by molar-refractivity contribution is 8.27. The van der Waals surface area contributed by atoms with E-state index >= 15 is 0 Å². The average Bonchev–Trinajstić information content (AvgIpc) is 3.51. The lowest BCUT2D eigenvalue weighted by atomic mass is 10.1. The number of thiocarbonyl (C=S) groups is 1. The number of amides is 1. The summed E-state index contributed by atoms with van der Waals surface area (Å²) in [6.45, 7) is 0.942. The first-order chi connectivity index (χ1) is 16.2. The predicted octanol–water partition coefficient (Wildman–Crippen LogP) is 5.82. The fourth-order valence-electron chi connectivity index (χ4n) is 4.16. The lowest BCUT2D eigenvalue weighted by molar-refractivity contribution is -0.113. The largest absolute Gasteiger partial charge is 0.454 e. The van der Waals surface area contributed by atoms with Crippen LogP contribution in [0.4, 0.5) is 5.69 Å². The number of nitrogens with zero attached hydrogens (tertiary/aromatic N) is 2. The fourth-order valence-corrected chi connectivity index (χ4v) is 5.45. The average molecular weight is 471 g/mol. The third-order valence-electron chi connectivity index (χ3n) is 5.71. The summed E-state index contributed by atoms with van der Waals surface area (Å²) in [6, 6.07) is 24.0. The van der Waals surface area contributed by atoms with Gasteiger partial charge in [0.05, 0.1) is 10.6 Å². The number of hydrogen-bond donors (Lipinski definition) is 0. The molecule has 2 aliphatic heterocycles. The lowest BCUT2D eigenvalue weighted by Gasteiger charge is -2.14. The molecular weight excluding hydrogens is 452 g/mol. The topological polar surface area (TPSA) is 43.7 Å². The summed E-state index contributed by atoms with van der Waals surface area (Å²) < 4.78 is 13.6. The van der Waals surface area contributed by atoms with Gasteiger partial charge in [-0.3, -0.25) is 9.69 Å². The van der Waals surface area contributed by atoms with E-state index in [9.17, 15) is 4.79 Å². The maximum absolute atomic E-state index is 13.3. The van der Waals surface area contributed by atoms with Crippen molar-refractivity contribution in [1.82, 2.24) is 4.57 Å². The molecule has 6 rings (SSSR count). The molecule has 1 aromatic heterocycles. The molecule has 0 radical (unpaired) electrons. The van der Waals surface area contributed by atoms with Gasteiger partial charge in [-0.2, -0.15) is 0 Å². The second-order valence-corrected chi connectivity index (χ2v) is 9.45. The Bertz CT molecular complexity index is 1440. The summed E-state index contributed by atoms with van der Waals surface area (Å²) in [5.74, 6) is 1.16. The molecule has 162 valence electrons. The zero-order valence-corrected chi connectivity index (χ0v) is 19.1. The Hall–Kier alpha value is -3.55. The van der Waals surface area contributed by atoms with Crippen LogP contribution in [0.3, 0.4) is 0 Å². The number of fused-ring (bicyclic) bond motifs is 2. The van der Waals surface area contributed by atoms with Crippen molar-refractivity contribution < 1.29 is 14.3 Å². The van der Waals surface area contributed by atoms with Gasteiger partial charge in [0.15, 0.2) is 15.8 Å². The van der Waals surface area contributed by atoms with E-state index in [1.54, 1.807) is 17.0 Å². The van der Waals surface area contributed by atoms with Crippen LogP contribution >= 0.6 is 24.0 Å². The maximum atomic E-state index is 13.3. The van der Waals surface area contributed by atoms with E-state index in [1.165, 1.54) is 17.3 Å². The van der Waals surface area contributed by atoms with Gasteiger partial charge in [0.25, 0.3) is 5.91 Å². The SMILES string of the molecule is O=C1/C(=C/c2cn(Cc3ccccc3)c3ccccc23)SC(=S)N1c1ccc2c(c1)OCO2. The number of aromatic nitrogens is 1. The summed E-state index contributed by atoms with van der Waals surface area (Å²) in [6.07, 6.45) is 4.04. The van der Waals surface area contributed by atoms with Crippen LogP contribution in [-0.4, -0.2) is 21.6 Å². The molecule has 0 saturated carbocycles. The summed E-state index contributed by atoms with van der Waals surface area (Å²) in [4.78, 5) is 15.5. The van der Waals surface area contributed by atoms with Crippen LogP contribution < -0.4 is 14.4 Å². The lowest BCUT2D eigenvalue weighted by Crippen LogP contribution is -2.27. The van der Waals surface area contributed by atoms with E-state index in [-0.39, 0.29) is 12.7 Å². The predicted molar refractivity (Wildman–Crippen MR) is 136 cm³/mol. The van der Waals surface area contributed by atoms with Crippen LogP contribution in [0.15, 0.2) is 83.9 Å². The van der Waals surface area contributed by atoms with Crippen LogP contribution in [0.1, 0.15) is 11.1 Å². The number of para-hydroxylation sites is 1. The van der Waals surface area contributed by atoms with Gasteiger partial charge in [-0.25, -0.2) is 0 Å². The van der Waals surface area contributed by atoms with Crippen molar-refractivity contribution in [3.05, 3.63) is 95.0 Å². The van der Waals surface area contributed by atoms with Crippen molar-refractivity contribution >= 4 is 56.9 Å². The van der Waals surface area contributed by atoms with Gasteiger partial charge in [0.1, 0.15) is 0 Å². The molecule has 3 heterocycles. The first-order valence-electron chi connectivity index (χ1n) is 10.5. The van der Waals surface area contributed by atoms with Crippen molar-refractivity contribution in [3.8, 4) is 11.5 Å². The molecule has 3 aromatic carbocycles. The van der Waals surface area contributed by atoms with Crippen molar-refractivity contribution in [2.45, 2.75) is 6.54 Å². The normalized spacial score (nSPS) is 16.4. The Morgan fingerprint density at radius 1 is 0.970 bits per heavy atom. The second kappa shape index (κ2) is 8.10. The quantitative estimate of drug-likeness (QED) is 0.278. The Morgan fingerprint density at radius 3 is 2.64 bits per heavy atom. The van der Waals surface area contributed by atoms with E-state index in [0.29, 0.717) is 26.4 Å². The van der Waals surface area contributed by atoms with Crippen molar-refractivity contribution in [2.75, 3.05) is 11.7 Å². The molecule has 4 aromatic rings. The molecule has 0 spiro atoms. The first kappa shape index (κ1) is 20.1. The summed E-state index contributed by atoms with van der Waals surface area (Å²) in [7, 11) is 0. The van der Waals surface area contributed by atoms with Gasteiger partial charge < -0.3 is 14.0 Å². The highest BCUT2D eigenvalue weighted by atomic mass is 32.2. The van der Waals surface area contributed by atoms with E-state index < -0.39 is 0 Å². The Labute approximate surface area is 200 Å². The van der Waals surface area contributed by atoms with E-state index in [1.807, 2.05) is 42.5 Å². The molecule has 33 heavy (non-hydrogen) atoms. The second-order valence-electron chi connectivity index (χ2n) is 7.77. The molecule has 0 atom stereocenters. The van der Waals surface area contributed by atoms with Crippen molar-refractivity contribution in [2.24, 2.45) is 0 Å². The molecule has 0 bridgehead atoms. The zero-order valence-electron chi connectivity index (χ0n) is 17.4. The van der Waals surface area contributed by atoms with Gasteiger partial charge in [-0.15, -0.1) is 0 Å². The van der Waals surface area contributed by atoms with Crippen LogP contribution in [0.25, 0.3) is 17.0 Å². The zero-order chi connectivity index (χ0) is 22.4. The summed E-state index contributed by atoms with van der Waals surface area (Å²) in [5.41, 5.74) is 4.02. The first-order valence-corrected chi connectivity index (χ1v) is 11.7. The van der Waals surface area contributed by atoms with Crippen LogP contribution in [0, 0.1) is 0 Å². The van der Waals surface area contributed by atoms with E-state index in [4.69, 9.17) is 21.7 Å². The smallest absolute Gasteiger partial charge is 0.270 e. The number of anilines is 1. The minimum Gasteiger partial charge on any atom is -0.454 e. The Morgan fingerprint density at radius 2 is 1.76 bits per heavy atom. The molecule has 0 N–H and O–H groups in total. The number of hydrogen-bond acceptors (Lipinski definition) is 5. The highest BCUT2D eigenvalue weighted by Crippen LogP contribution is 2.41. The van der Waals surface area contributed by atoms with E-state index in [2.05, 4.69) is 35.0 Å². The fraction of sp³-hybridized carbons (Fsp3) is 0.0769. The molecule has 7 heteroatoms. The standard InChI is InChI=1S/C26H18N2O3S2/c29-25-24(33-26(32)28(25)19-10-11-22-23(13-19)31-16-30-22)12-18-15-27(14-17-6-2-1-3-7-17)21-9-5-4-8-20(18)21/h1-13,15H,14,16H2/b24-12-. The number of benzene rings is 3.